The third-order valence-electron chi connectivity index (χ3n) is 2.79. The van der Waals surface area contributed by atoms with Crippen LogP contribution in [0.15, 0.2) is 24.3 Å². The Morgan fingerprint density at radius 2 is 1.94 bits per heavy atom. The first kappa shape index (κ1) is 13.0. The summed E-state index contributed by atoms with van der Waals surface area (Å²) >= 11 is 1.44. The summed E-state index contributed by atoms with van der Waals surface area (Å²) in [5.41, 5.74) is 3.36. The maximum atomic E-state index is 10.7. The number of hydrogen-bond donors (Lipinski definition) is 0. The maximum absolute atomic E-state index is 10.7. The zero-order valence-corrected chi connectivity index (χ0v) is 11.8. The molecule has 0 fully saturated rings. The van der Waals surface area contributed by atoms with Crippen molar-refractivity contribution in [2.24, 2.45) is 5.92 Å². The van der Waals surface area contributed by atoms with Crippen molar-refractivity contribution in [2.75, 3.05) is 0 Å². The van der Waals surface area contributed by atoms with Crippen molar-refractivity contribution >= 4 is 17.6 Å². The van der Waals surface area contributed by atoms with Crippen LogP contribution in [0.4, 0.5) is 0 Å². The molecule has 3 heteroatoms. The summed E-state index contributed by atoms with van der Waals surface area (Å²) in [5, 5.41) is 0.550. The Balaban J connectivity index is 2.28. The number of aldehydes is 1. The highest BCUT2D eigenvalue weighted by molar-refractivity contribution is 7.13. The standard InChI is InChI=1S/C15H17NOS/c1-10(2)8-12-4-6-13(7-5-12)15-11(3)18-14(9-17)16-15/h4-7,9-10H,8H2,1-3H3. The number of rotatable bonds is 4. The van der Waals surface area contributed by atoms with Gasteiger partial charge in [0.25, 0.3) is 0 Å². The molecular formula is C15H17NOS. The Bertz CT molecular complexity index is 540. The van der Waals surface area contributed by atoms with E-state index in [9.17, 15) is 4.79 Å². The molecule has 0 atom stereocenters. The molecule has 0 saturated carbocycles. The molecular weight excluding hydrogens is 242 g/mol. The van der Waals surface area contributed by atoms with Gasteiger partial charge in [-0.15, -0.1) is 11.3 Å². The van der Waals surface area contributed by atoms with E-state index in [2.05, 4.69) is 43.1 Å². The molecule has 18 heavy (non-hydrogen) atoms. The number of thiazole rings is 1. The molecule has 0 amide bonds. The lowest BCUT2D eigenvalue weighted by atomic mass is 10.0. The fourth-order valence-electron chi connectivity index (χ4n) is 2.01. The van der Waals surface area contributed by atoms with Crippen LogP contribution in [0.1, 0.15) is 34.1 Å². The van der Waals surface area contributed by atoms with E-state index in [1.165, 1.54) is 16.9 Å². The first-order valence-corrected chi connectivity index (χ1v) is 6.93. The normalized spacial score (nSPS) is 10.9. The van der Waals surface area contributed by atoms with Crippen molar-refractivity contribution in [3.8, 4) is 11.3 Å². The van der Waals surface area contributed by atoms with Gasteiger partial charge in [0.1, 0.15) is 0 Å². The molecule has 2 nitrogen and oxygen atoms in total. The molecule has 1 aromatic heterocycles. The fraction of sp³-hybridized carbons (Fsp3) is 0.333. The van der Waals surface area contributed by atoms with Gasteiger partial charge in [-0.1, -0.05) is 38.1 Å². The average molecular weight is 259 g/mol. The lowest BCUT2D eigenvalue weighted by Gasteiger charge is -2.05. The molecule has 0 aliphatic rings. The highest BCUT2D eigenvalue weighted by Gasteiger charge is 2.09. The molecule has 0 aliphatic heterocycles. The topological polar surface area (TPSA) is 30.0 Å². The fourth-order valence-corrected chi connectivity index (χ4v) is 2.76. The van der Waals surface area contributed by atoms with Crippen LogP contribution in [-0.2, 0) is 6.42 Å². The Hall–Kier alpha value is -1.48. The highest BCUT2D eigenvalue weighted by atomic mass is 32.1. The van der Waals surface area contributed by atoms with E-state index in [0.717, 1.165) is 28.8 Å². The second-order valence-corrected chi connectivity index (χ2v) is 6.10. The van der Waals surface area contributed by atoms with Gasteiger partial charge in [0, 0.05) is 10.4 Å². The molecule has 1 heterocycles. The summed E-state index contributed by atoms with van der Waals surface area (Å²) in [5.74, 6) is 0.665. The van der Waals surface area contributed by atoms with Crippen molar-refractivity contribution < 1.29 is 4.79 Å². The Labute approximate surface area is 112 Å². The number of nitrogens with zero attached hydrogens (tertiary/aromatic N) is 1. The Morgan fingerprint density at radius 1 is 1.28 bits per heavy atom. The van der Waals surface area contributed by atoms with Crippen LogP contribution < -0.4 is 0 Å². The first-order valence-electron chi connectivity index (χ1n) is 6.12. The van der Waals surface area contributed by atoms with Gasteiger partial charge in [-0.25, -0.2) is 4.98 Å². The summed E-state index contributed by atoms with van der Waals surface area (Å²) in [6, 6.07) is 8.48. The SMILES string of the molecule is Cc1sc(C=O)nc1-c1ccc(CC(C)C)cc1. The van der Waals surface area contributed by atoms with Gasteiger partial charge in [0.15, 0.2) is 11.3 Å². The molecule has 2 aromatic rings. The lowest BCUT2D eigenvalue weighted by molar-refractivity contribution is 0.112. The molecule has 1 aromatic carbocycles. The summed E-state index contributed by atoms with van der Waals surface area (Å²) in [6.45, 7) is 6.44. The number of hydrogen-bond acceptors (Lipinski definition) is 3. The van der Waals surface area contributed by atoms with E-state index in [1.807, 2.05) is 6.92 Å². The van der Waals surface area contributed by atoms with Crippen molar-refractivity contribution in [1.29, 1.82) is 0 Å². The predicted octanol–water partition coefficient (Wildman–Crippen LogP) is 4.13. The summed E-state index contributed by atoms with van der Waals surface area (Å²) in [4.78, 5) is 16.2. The third kappa shape index (κ3) is 2.85. The molecule has 0 bridgehead atoms. The smallest absolute Gasteiger partial charge is 0.178 e. The molecule has 2 rings (SSSR count). The lowest BCUT2D eigenvalue weighted by Crippen LogP contribution is -1.93. The quantitative estimate of drug-likeness (QED) is 0.773. The molecule has 0 unspecified atom stereocenters. The van der Waals surface area contributed by atoms with E-state index in [0.29, 0.717) is 10.9 Å². The number of benzene rings is 1. The van der Waals surface area contributed by atoms with Crippen LogP contribution in [0.5, 0.6) is 0 Å². The zero-order valence-electron chi connectivity index (χ0n) is 10.9. The third-order valence-corrected chi connectivity index (χ3v) is 3.68. The Morgan fingerprint density at radius 3 is 2.44 bits per heavy atom. The van der Waals surface area contributed by atoms with Crippen LogP contribution in [-0.4, -0.2) is 11.3 Å². The van der Waals surface area contributed by atoms with Crippen molar-refractivity contribution in [3.63, 3.8) is 0 Å². The van der Waals surface area contributed by atoms with Gasteiger partial charge < -0.3 is 0 Å². The minimum Gasteiger partial charge on any atom is -0.295 e. The van der Waals surface area contributed by atoms with Crippen LogP contribution >= 0.6 is 11.3 Å². The largest absolute Gasteiger partial charge is 0.295 e. The number of carbonyl (C=O) groups is 1. The minimum absolute atomic E-state index is 0.550. The predicted molar refractivity (Wildman–Crippen MR) is 76.2 cm³/mol. The monoisotopic (exact) mass is 259 g/mol. The second kappa shape index (κ2) is 5.44. The van der Waals surface area contributed by atoms with Crippen LogP contribution in [0.25, 0.3) is 11.3 Å². The van der Waals surface area contributed by atoms with Crippen molar-refractivity contribution in [3.05, 3.63) is 39.7 Å². The zero-order chi connectivity index (χ0) is 13.1. The van der Waals surface area contributed by atoms with E-state index < -0.39 is 0 Å². The summed E-state index contributed by atoms with van der Waals surface area (Å²) in [7, 11) is 0. The molecule has 0 radical (unpaired) electrons. The van der Waals surface area contributed by atoms with Crippen LogP contribution in [0.2, 0.25) is 0 Å². The molecule has 94 valence electrons. The van der Waals surface area contributed by atoms with E-state index >= 15 is 0 Å². The van der Waals surface area contributed by atoms with Crippen LogP contribution in [0, 0.1) is 12.8 Å². The molecule has 0 N–H and O–H groups in total. The van der Waals surface area contributed by atoms with Gasteiger partial charge in [0.2, 0.25) is 0 Å². The maximum Gasteiger partial charge on any atom is 0.178 e. The molecule has 0 spiro atoms. The van der Waals surface area contributed by atoms with Crippen molar-refractivity contribution in [1.82, 2.24) is 4.98 Å². The van der Waals surface area contributed by atoms with Gasteiger partial charge in [0.05, 0.1) is 5.69 Å². The van der Waals surface area contributed by atoms with Gasteiger partial charge in [-0.05, 0) is 24.8 Å². The summed E-state index contributed by atoms with van der Waals surface area (Å²) in [6.07, 6.45) is 1.91. The van der Waals surface area contributed by atoms with Gasteiger partial charge in [-0.2, -0.15) is 0 Å². The number of aryl methyl sites for hydroxylation is 1. The van der Waals surface area contributed by atoms with Gasteiger partial charge >= 0.3 is 0 Å². The van der Waals surface area contributed by atoms with E-state index in [4.69, 9.17) is 0 Å². The second-order valence-electron chi connectivity index (χ2n) is 4.87. The van der Waals surface area contributed by atoms with E-state index in [-0.39, 0.29) is 0 Å². The Kier molecular flexibility index (Phi) is 3.92. The minimum atomic E-state index is 0.550. The van der Waals surface area contributed by atoms with Crippen LogP contribution in [0.3, 0.4) is 0 Å². The van der Waals surface area contributed by atoms with Crippen molar-refractivity contribution in [2.45, 2.75) is 27.2 Å². The molecule has 0 aliphatic carbocycles. The number of carbonyl (C=O) groups excluding carboxylic acids is 1. The summed E-state index contributed by atoms with van der Waals surface area (Å²) < 4.78 is 0. The first-order chi connectivity index (χ1) is 8.60. The highest BCUT2D eigenvalue weighted by Crippen LogP contribution is 2.27. The van der Waals surface area contributed by atoms with E-state index in [1.54, 1.807) is 0 Å². The number of aromatic nitrogens is 1. The van der Waals surface area contributed by atoms with Gasteiger partial charge in [-0.3, -0.25) is 4.79 Å². The molecule has 0 saturated heterocycles. The average Bonchev–Trinajstić information content (AvgIpc) is 2.71.